The molecule has 0 saturated heterocycles. The molecule has 2 amide bonds. The summed E-state index contributed by atoms with van der Waals surface area (Å²) in [6.07, 6.45) is 3.74. The molecule has 0 spiro atoms. The van der Waals surface area contributed by atoms with Gasteiger partial charge in [-0.05, 0) is 36.6 Å². The van der Waals surface area contributed by atoms with Gasteiger partial charge in [0.15, 0.2) is 0 Å². The highest BCUT2D eigenvalue weighted by Gasteiger charge is 2.27. The molecule has 2 heterocycles. The van der Waals surface area contributed by atoms with Gasteiger partial charge in [-0.15, -0.1) is 0 Å². The Morgan fingerprint density at radius 2 is 2.03 bits per heavy atom. The highest BCUT2D eigenvalue weighted by atomic mass is 19.1. The quantitative estimate of drug-likeness (QED) is 0.679. The van der Waals surface area contributed by atoms with Crippen molar-refractivity contribution < 1.29 is 23.8 Å². The molecule has 2 aromatic rings. The molecule has 1 aliphatic carbocycles. The van der Waals surface area contributed by atoms with E-state index in [-0.39, 0.29) is 23.2 Å². The van der Waals surface area contributed by atoms with Gasteiger partial charge in [-0.3, -0.25) is 9.59 Å². The SMILES string of the molecule is CNC(=O)c1ccc(Cc2cc(C(=O)N[C@H]3CCCC[C@@H]3O)nc3c2OCC3)cc1F. The zero-order valence-electron chi connectivity index (χ0n) is 17.4. The standard InChI is InChI=1S/C23H26FN3O4/c1-25-22(29)15-7-6-13(11-16(15)24)10-14-12-19(26-18-8-9-31-21(14)18)23(30)27-17-4-2-3-5-20(17)28/h6-7,11-12,17,20,28H,2-5,8-10H2,1H3,(H,25,29)(H,27,30)/t17-,20-/m0/s1. The van der Waals surface area contributed by atoms with Crippen molar-refractivity contribution in [2.75, 3.05) is 13.7 Å². The summed E-state index contributed by atoms with van der Waals surface area (Å²) < 4.78 is 20.1. The number of aliphatic hydroxyl groups is 1. The van der Waals surface area contributed by atoms with Gasteiger partial charge < -0.3 is 20.5 Å². The first-order chi connectivity index (χ1) is 15.0. The minimum absolute atomic E-state index is 0.0198. The number of rotatable bonds is 5. The summed E-state index contributed by atoms with van der Waals surface area (Å²) in [6.45, 7) is 0.478. The maximum atomic E-state index is 14.4. The Labute approximate surface area is 180 Å². The number of ether oxygens (including phenoxy) is 1. The van der Waals surface area contributed by atoms with Crippen molar-refractivity contribution in [3.8, 4) is 5.75 Å². The lowest BCUT2D eigenvalue weighted by Crippen LogP contribution is -2.45. The first-order valence-electron chi connectivity index (χ1n) is 10.6. The molecule has 1 saturated carbocycles. The number of amides is 2. The Morgan fingerprint density at radius 3 is 2.77 bits per heavy atom. The second-order valence-corrected chi connectivity index (χ2v) is 8.04. The number of pyridine rings is 1. The van der Waals surface area contributed by atoms with Gasteiger partial charge in [-0.2, -0.15) is 0 Å². The van der Waals surface area contributed by atoms with E-state index in [1.807, 2.05) is 0 Å². The Bertz CT molecular complexity index is 1010. The Hall–Kier alpha value is -3.00. The van der Waals surface area contributed by atoms with E-state index < -0.39 is 17.8 Å². The third-order valence-corrected chi connectivity index (χ3v) is 5.88. The van der Waals surface area contributed by atoms with Gasteiger partial charge in [0.05, 0.1) is 30.0 Å². The van der Waals surface area contributed by atoms with Crippen LogP contribution >= 0.6 is 0 Å². The van der Waals surface area contributed by atoms with Crippen LogP contribution in [0.15, 0.2) is 24.3 Å². The molecule has 1 aromatic heterocycles. The van der Waals surface area contributed by atoms with E-state index in [0.29, 0.717) is 42.9 Å². The highest BCUT2D eigenvalue weighted by molar-refractivity contribution is 5.94. The number of carbonyl (C=O) groups is 2. The second kappa shape index (κ2) is 9.01. The summed E-state index contributed by atoms with van der Waals surface area (Å²) in [6, 6.07) is 5.85. The van der Waals surface area contributed by atoms with Crippen molar-refractivity contribution in [1.29, 1.82) is 0 Å². The molecule has 164 valence electrons. The number of halogens is 1. The van der Waals surface area contributed by atoms with Gasteiger partial charge in [0.1, 0.15) is 17.3 Å². The molecule has 1 aromatic carbocycles. The molecule has 7 nitrogen and oxygen atoms in total. The molecule has 1 fully saturated rings. The van der Waals surface area contributed by atoms with E-state index in [4.69, 9.17) is 4.74 Å². The average Bonchev–Trinajstić information content (AvgIpc) is 3.24. The van der Waals surface area contributed by atoms with Crippen LogP contribution in [-0.2, 0) is 12.8 Å². The van der Waals surface area contributed by atoms with Gasteiger partial charge >= 0.3 is 0 Å². The maximum Gasteiger partial charge on any atom is 0.270 e. The van der Waals surface area contributed by atoms with Gasteiger partial charge in [0, 0.05) is 25.5 Å². The predicted octanol–water partition coefficient (Wildman–Crippen LogP) is 2.14. The van der Waals surface area contributed by atoms with Crippen molar-refractivity contribution in [2.24, 2.45) is 0 Å². The van der Waals surface area contributed by atoms with Crippen LogP contribution < -0.4 is 15.4 Å². The van der Waals surface area contributed by atoms with Crippen molar-refractivity contribution in [3.63, 3.8) is 0 Å². The van der Waals surface area contributed by atoms with Crippen LogP contribution in [-0.4, -0.2) is 47.7 Å². The molecule has 2 atom stereocenters. The number of hydrogen-bond donors (Lipinski definition) is 3. The first kappa shape index (κ1) is 21.2. The summed E-state index contributed by atoms with van der Waals surface area (Å²) in [5, 5.41) is 15.5. The Balaban J connectivity index is 1.58. The highest BCUT2D eigenvalue weighted by Crippen LogP contribution is 2.31. The van der Waals surface area contributed by atoms with Gasteiger partial charge in [-0.25, -0.2) is 9.37 Å². The summed E-state index contributed by atoms with van der Waals surface area (Å²) in [5.41, 5.74) is 2.34. The van der Waals surface area contributed by atoms with E-state index in [0.717, 1.165) is 24.8 Å². The van der Waals surface area contributed by atoms with Crippen LogP contribution in [0, 0.1) is 5.82 Å². The number of carbonyl (C=O) groups excluding carboxylic acids is 2. The fourth-order valence-corrected chi connectivity index (χ4v) is 4.22. The molecule has 2 aliphatic rings. The van der Waals surface area contributed by atoms with E-state index in [2.05, 4.69) is 15.6 Å². The number of benzene rings is 1. The van der Waals surface area contributed by atoms with Crippen molar-refractivity contribution >= 4 is 11.8 Å². The van der Waals surface area contributed by atoms with Crippen LogP contribution in [0.1, 0.15) is 63.4 Å². The van der Waals surface area contributed by atoms with Crippen molar-refractivity contribution in [1.82, 2.24) is 15.6 Å². The van der Waals surface area contributed by atoms with Crippen LogP contribution in [0.4, 0.5) is 4.39 Å². The zero-order chi connectivity index (χ0) is 22.0. The van der Waals surface area contributed by atoms with E-state index >= 15 is 0 Å². The molecular weight excluding hydrogens is 401 g/mol. The normalized spacial score (nSPS) is 20.0. The molecule has 4 rings (SSSR count). The van der Waals surface area contributed by atoms with Gasteiger partial charge in [-0.1, -0.05) is 18.9 Å². The topological polar surface area (TPSA) is 101 Å². The lowest BCUT2D eigenvalue weighted by Gasteiger charge is -2.28. The van der Waals surface area contributed by atoms with Crippen LogP contribution in [0.25, 0.3) is 0 Å². The molecular formula is C23H26FN3O4. The van der Waals surface area contributed by atoms with E-state index in [1.54, 1.807) is 12.1 Å². The van der Waals surface area contributed by atoms with E-state index in [9.17, 15) is 19.1 Å². The van der Waals surface area contributed by atoms with Crippen molar-refractivity contribution in [2.45, 2.75) is 50.7 Å². The number of aromatic nitrogens is 1. The van der Waals surface area contributed by atoms with Gasteiger partial charge in [0.25, 0.3) is 11.8 Å². The molecule has 8 heteroatoms. The minimum Gasteiger partial charge on any atom is -0.491 e. The average molecular weight is 427 g/mol. The molecule has 0 bridgehead atoms. The smallest absolute Gasteiger partial charge is 0.270 e. The second-order valence-electron chi connectivity index (χ2n) is 8.04. The van der Waals surface area contributed by atoms with Crippen molar-refractivity contribution in [3.05, 3.63) is 58.2 Å². The lowest BCUT2D eigenvalue weighted by atomic mass is 9.92. The van der Waals surface area contributed by atoms with Crippen LogP contribution in [0.5, 0.6) is 5.75 Å². The zero-order valence-corrected chi connectivity index (χ0v) is 17.4. The number of hydrogen-bond acceptors (Lipinski definition) is 5. The van der Waals surface area contributed by atoms with Gasteiger partial charge in [0.2, 0.25) is 0 Å². The molecule has 0 unspecified atom stereocenters. The third-order valence-electron chi connectivity index (χ3n) is 5.88. The summed E-state index contributed by atoms with van der Waals surface area (Å²) in [7, 11) is 1.45. The Morgan fingerprint density at radius 1 is 1.23 bits per heavy atom. The first-order valence-corrected chi connectivity index (χ1v) is 10.6. The molecule has 0 radical (unpaired) electrons. The molecule has 31 heavy (non-hydrogen) atoms. The van der Waals surface area contributed by atoms with Crippen LogP contribution in [0.3, 0.4) is 0 Å². The largest absolute Gasteiger partial charge is 0.491 e. The number of nitrogens with one attached hydrogen (secondary N) is 2. The fourth-order valence-electron chi connectivity index (χ4n) is 4.22. The van der Waals surface area contributed by atoms with E-state index in [1.165, 1.54) is 19.2 Å². The third kappa shape index (κ3) is 4.54. The Kier molecular flexibility index (Phi) is 6.18. The minimum atomic E-state index is -0.604. The monoisotopic (exact) mass is 427 g/mol. The summed E-state index contributed by atoms with van der Waals surface area (Å²) in [5.74, 6) is -0.790. The van der Waals surface area contributed by atoms with Crippen LogP contribution in [0.2, 0.25) is 0 Å². The number of fused-ring (bicyclic) bond motifs is 1. The fraction of sp³-hybridized carbons (Fsp3) is 0.435. The molecule has 1 aliphatic heterocycles. The lowest BCUT2D eigenvalue weighted by molar-refractivity contribution is 0.0713. The molecule has 3 N–H and O–H groups in total. The summed E-state index contributed by atoms with van der Waals surface area (Å²) in [4.78, 5) is 29.0. The summed E-state index contributed by atoms with van der Waals surface area (Å²) >= 11 is 0. The number of nitrogens with zero attached hydrogens (tertiary/aromatic N) is 1. The predicted molar refractivity (Wildman–Crippen MR) is 112 cm³/mol. The maximum absolute atomic E-state index is 14.4. The number of aliphatic hydroxyl groups excluding tert-OH is 1.